The zero-order valence-electron chi connectivity index (χ0n) is 10.2. The Balaban J connectivity index is 2.41. The van der Waals surface area contributed by atoms with Gasteiger partial charge in [0, 0.05) is 12.1 Å². The van der Waals surface area contributed by atoms with E-state index < -0.39 is 9.84 Å². The molecule has 0 unspecified atom stereocenters. The third-order valence-electron chi connectivity index (χ3n) is 3.23. The molecule has 0 atom stereocenters. The van der Waals surface area contributed by atoms with Gasteiger partial charge in [0.2, 0.25) is 9.84 Å². The molecule has 0 radical (unpaired) electrons. The second-order valence-corrected chi connectivity index (χ2v) is 7.55. The minimum atomic E-state index is -3.67. The molecule has 0 spiro atoms. The van der Waals surface area contributed by atoms with Gasteiger partial charge in [0.15, 0.2) is 0 Å². The minimum Gasteiger partial charge on any atom is -0.342 e. The van der Waals surface area contributed by atoms with Crippen molar-refractivity contribution in [3.63, 3.8) is 0 Å². The van der Waals surface area contributed by atoms with Crippen molar-refractivity contribution in [2.24, 2.45) is 0 Å². The predicted octanol–water partition coefficient (Wildman–Crippen LogP) is 4.56. The normalized spacial score (nSPS) is 15.7. The summed E-state index contributed by atoms with van der Waals surface area (Å²) in [5.41, 5.74) is 1.05. The number of rotatable bonds is 0. The van der Waals surface area contributed by atoms with Crippen LogP contribution in [-0.2, 0) is 9.84 Å². The third-order valence-corrected chi connectivity index (χ3v) is 5.99. The molecule has 2 aromatic carbocycles. The summed E-state index contributed by atoms with van der Waals surface area (Å²) in [6, 6.07) is 7.67. The fourth-order valence-electron chi connectivity index (χ4n) is 2.22. The van der Waals surface area contributed by atoms with Gasteiger partial charge in [-0.3, -0.25) is 0 Å². The number of benzene rings is 2. The molecule has 1 heterocycles. The van der Waals surface area contributed by atoms with Gasteiger partial charge in [0.05, 0.1) is 31.2 Å². The quantitative estimate of drug-likeness (QED) is 0.700. The Morgan fingerprint density at radius 2 is 1.50 bits per heavy atom. The molecule has 7 heteroatoms. The summed E-state index contributed by atoms with van der Waals surface area (Å²) in [6.07, 6.45) is 0. The molecule has 3 nitrogen and oxygen atoms in total. The first-order valence-corrected chi connectivity index (χ1v) is 8.21. The van der Waals surface area contributed by atoms with Gasteiger partial charge in [0.25, 0.3) is 0 Å². The van der Waals surface area contributed by atoms with Crippen molar-refractivity contribution in [2.75, 3.05) is 11.9 Å². The maximum Gasteiger partial charge on any atom is 0.210 e. The highest BCUT2D eigenvalue weighted by atomic mass is 35.5. The molecule has 0 aromatic heterocycles. The number of sulfone groups is 1. The Bertz CT molecular complexity index is 834. The van der Waals surface area contributed by atoms with E-state index in [4.69, 9.17) is 34.8 Å². The molecule has 3 rings (SSSR count). The first kappa shape index (κ1) is 14.0. The number of nitrogens with zero attached hydrogens (tertiary/aromatic N) is 1. The van der Waals surface area contributed by atoms with Crippen molar-refractivity contribution >= 4 is 56.0 Å². The van der Waals surface area contributed by atoms with E-state index in [0.717, 1.165) is 0 Å². The Kier molecular flexibility index (Phi) is 3.18. The van der Waals surface area contributed by atoms with Gasteiger partial charge in [-0.25, -0.2) is 8.42 Å². The molecule has 0 N–H and O–H groups in total. The molecule has 2 aromatic rings. The lowest BCUT2D eigenvalue weighted by molar-refractivity contribution is 0.594. The Hall–Kier alpha value is -0.940. The molecular formula is C13H8Cl3NO2S. The smallest absolute Gasteiger partial charge is 0.210 e. The summed E-state index contributed by atoms with van der Waals surface area (Å²) in [5, 5.41) is 0.877. The Morgan fingerprint density at radius 1 is 0.900 bits per heavy atom. The maximum atomic E-state index is 12.7. The Morgan fingerprint density at radius 3 is 2.20 bits per heavy atom. The second-order valence-electron chi connectivity index (χ2n) is 4.41. The van der Waals surface area contributed by atoms with Gasteiger partial charge >= 0.3 is 0 Å². The lowest BCUT2D eigenvalue weighted by atomic mass is 10.2. The first-order chi connectivity index (χ1) is 9.32. The van der Waals surface area contributed by atoms with Crippen LogP contribution in [-0.4, -0.2) is 15.5 Å². The number of hydrogen-bond donors (Lipinski definition) is 0. The standard InChI is InChI=1S/C13H8Cl3NO2S/c1-17-10-3-2-7(14)4-12(10)20(18,19)13-6-9(16)8(15)5-11(13)17/h2-6H,1H3. The molecule has 0 fully saturated rings. The van der Waals surface area contributed by atoms with Crippen LogP contribution >= 0.6 is 34.8 Å². The number of anilines is 2. The molecular weight excluding hydrogens is 341 g/mol. The third kappa shape index (κ3) is 1.91. The van der Waals surface area contributed by atoms with E-state index in [0.29, 0.717) is 21.4 Å². The van der Waals surface area contributed by atoms with E-state index in [1.807, 2.05) is 0 Å². The van der Waals surface area contributed by atoms with Crippen LogP contribution in [0.25, 0.3) is 0 Å². The Labute approximate surface area is 131 Å². The summed E-state index contributed by atoms with van der Waals surface area (Å²) < 4.78 is 25.3. The molecule has 0 bridgehead atoms. The number of hydrogen-bond acceptors (Lipinski definition) is 3. The maximum absolute atomic E-state index is 12.7. The van der Waals surface area contributed by atoms with Crippen LogP contribution in [0.15, 0.2) is 40.1 Å². The van der Waals surface area contributed by atoms with Crippen molar-refractivity contribution in [3.8, 4) is 0 Å². The number of halogens is 3. The monoisotopic (exact) mass is 347 g/mol. The van der Waals surface area contributed by atoms with E-state index >= 15 is 0 Å². The van der Waals surface area contributed by atoms with Crippen molar-refractivity contribution in [1.29, 1.82) is 0 Å². The highest BCUT2D eigenvalue weighted by molar-refractivity contribution is 7.92. The van der Waals surface area contributed by atoms with Crippen molar-refractivity contribution in [3.05, 3.63) is 45.4 Å². The lowest BCUT2D eigenvalue weighted by Gasteiger charge is -2.30. The van der Waals surface area contributed by atoms with Gasteiger partial charge in [-0.1, -0.05) is 34.8 Å². The van der Waals surface area contributed by atoms with E-state index in [1.165, 1.54) is 12.1 Å². The minimum absolute atomic E-state index is 0.129. The highest BCUT2D eigenvalue weighted by Crippen LogP contribution is 2.46. The molecule has 104 valence electrons. The fourth-order valence-corrected chi connectivity index (χ4v) is 4.59. The largest absolute Gasteiger partial charge is 0.342 e. The molecule has 0 saturated carbocycles. The van der Waals surface area contributed by atoms with Crippen LogP contribution in [0.5, 0.6) is 0 Å². The highest BCUT2D eigenvalue weighted by Gasteiger charge is 2.33. The summed E-state index contributed by atoms with van der Waals surface area (Å²) in [6.45, 7) is 0. The van der Waals surface area contributed by atoms with Crippen LogP contribution in [0, 0.1) is 0 Å². The van der Waals surface area contributed by atoms with Gasteiger partial charge < -0.3 is 4.90 Å². The second kappa shape index (κ2) is 4.53. The van der Waals surface area contributed by atoms with Gasteiger partial charge in [0.1, 0.15) is 0 Å². The van der Waals surface area contributed by atoms with E-state index in [2.05, 4.69) is 0 Å². The first-order valence-electron chi connectivity index (χ1n) is 5.60. The number of fused-ring (bicyclic) bond motifs is 2. The SMILES string of the molecule is CN1c2ccc(Cl)cc2S(=O)(=O)c2cc(Cl)c(Cl)cc21. The van der Waals surface area contributed by atoms with Crippen LogP contribution in [0.1, 0.15) is 0 Å². The molecule has 20 heavy (non-hydrogen) atoms. The zero-order valence-corrected chi connectivity index (χ0v) is 13.3. The molecule has 1 aliphatic heterocycles. The van der Waals surface area contributed by atoms with Crippen molar-refractivity contribution in [2.45, 2.75) is 9.79 Å². The summed E-state index contributed by atoms with van der Waals surface area (Å²) in [5.74, 6) is 0. The van der Waals surface area contributed by atoms with Crippen LogP contribution < -0.4 is 4.90 Å². The lowest BCUT2D eigenvalue weighted by Crippen LogP contribution is -2.22. The zero-order chi connectivity index (χ0) is 14.7. The average molecular weight is 349 g/mol. The topological polar surface area (TPSA) is 37.4 Å². The molecule has 0 aliphatic carbocycles. The van der Waals surface area contributed by atoms with Crippen molar-refractivity contribution < 1.29 is 8.42 Å². The van der Waals surface area contributed by atoms with Crippen LogP contribution in [0.4, 0.5) is 11.4 Å². The summed E-state index contributed by atoms with van der Waals surface area (Å²) >= 11 is 17.8. The van der Waals surface area contributed by atoms with Crippen LogP contribution in [0.3, 0.4) is 0 Å². The van der Waals surface area contributed by atoms with Gasteiger partial charge in [-0.15, -0.1) is 0 Å². The van der Waals surface area contributed by atoms with Gasteiger partial charge in [-0.2, -0.15) is 0 Å². The van der Waals surface area contributed by atoms with E-state index in [9.17, 15) is 8.42 Å². The van der Waals surface area contributed by atoms with E-state index in [-0.39, 0.29) is 14.8 Å². The fraction of sp³-hybridized carbons (Fsp3) is 0.0769. The predicted molar refractivity (Wildman–Crippen MR) is 81.4 cm³/mol. The molecule has 0 saturated heterocycles. The van der Waals surface area contributed by atoms with E-state index in [1.54, 1.807) is 30.1 Å². The van der Waals surface area contributed by atoms with Crippen LogP contribution in [0.2, 0.25) is 15.1 Å². The molecule has 1 aliphatic rings. The molecule has 0 amide bonds. The average Bonchev–Trinajstić information content (AvgIpc) is 2.39. The summed E-state index contributed by atoms with van der Waals surface area (Å²) in [7, 11) is -1.90. The van der Waals surface area contributed by atoms with Crippen molar-refractivity contribution in [1.82, 2.24) is 0 Å². The summed E-state index contributed by atoms with van der Waals surface area (Å²) in [4.78, 5) is 2.05. The van der Waals surface area contributed by atoms with Gasteiger partial charge in [-0.05, 0) is 30.3 Å².